The lowest BCUT2D eigenvalue weighted by Gasteiger charge is -2.20. The highest BCUT2D eigenvalue weighted by molar-refractivity contribution is 4.67. The highest BCUT2D eigenvalue weighted by Gasteiger charge is 2.11. The van der Waals surface area contributed by atoms with Crippen LogP contribution in [0.1, 0.15) is 32.6 Å². The van der Waals surface area contributed by atoms with Crippen LogP contribution in [-0.2, 0) is 0 Å². The molecule has 0 aromatic rings. The Bertz CT molecular complexity index is 164. The van der Waals surface area contributed by atoms with Crippen LogP contribution in [0, 0.1) is 0 Å². The zero-order chi connectivity index (χ0) is 11.1. The number of nitrogens with zero attached hydrogens (tertiary/aromatic N) is 2. The third-order valence-corrected chi connectivity index (χ3v) is 3.30. The molecule has 1 aliphatic heterocycles. The molecule has 0 spiro atoms. The van der Waals surface area contributed by atoms with Crippen LogP contribution >= 0.6 is 0 Å². The van der Waals surface area contributed by atoms with Crippen molar-refractivity contribution in [2.24, 2.45) is 0 Å². The fourth-order valence-corrected chi connectivity index (χ4v) is 2.08. The average Bonchev–Trinajstić information content (AvgIpc) is 2.43. The first-order valence-corrected chi connectivity index (χ1v) is 6.31. The second-order valence-corrected chi connectivity index (χ2v) is 4.70. The summed E-state index contributed by atoms with van der Waals surface area (Å²) in [6.45, 7) is 8.05. The van der Waals surface area contributed by atoms with Gasteiger partial charge in [0.1, 0.15) is 0 Å². The van der Waals surface area contributed by atoms with E-state index < -0.39 is 0 Å². The maximum Gasteiger partial charge on any atom is 0.0538 e. The number of aliphatic hydroxyl groups is 1. The van der Waals surface area contributed by atoms with Crippen LogP contribution < -0.4 is 0 Å². The van der Waals surface area contributed by atoms with Crippen molar-refractivity contribution in [2.75, 3.05) is 39.8 Å². The van der Waals surface area contributed by atoms with Gasteiger partial charge in [0, 0.05) is 13.1 Å². The molecule has 0 aromatic heterocycles. The Morgan fingerprint density at radius 2 is 2.00 bits per heavy atom. The lowest BCUT2D eigenvalue weighted by atomic mass is 10.1. The van der Waals surface area contributed by atoms with Gasteiger partial charge in [-0.1, -0.05) is 6.92 Å². The van der Waals surface area contributed by atoms with Crippen molar-refractivity contribution in [3.05, 3.63) is 0 Å². The van der Waals surface area contributed by atoms with Crippen LogP contribution in [0.4, 0.5) is 0 Å². The standard InChI is InChI=1S/C12H26N2O/c1-3-12(15)6-4-8-14-9-5-7-13(2)10-11-14/h12,15H,3-11H2,1-2H3. The molecule has 3 nitrogen and oxygen atoms in total. The van der Waals surface area contributed by atoms with Crippen LogP contribution in [0.5, 0.6) is 0 Å². The number of likely N-dealkylation sites (N-methyl/N-ethyl adjacent to an activating group) is 1. The van der Waals surface area contributed by atoms with E-state index in [1.165, 1.54) is 32.6 Å². The molecule has 15 heavy (non-hydrogen) atoms. The summed E-state index contributed by atoms with van der Waals surface area (Å²) in [6, 6.07) is 0. The SMILES string of the molecule is CCC(O)CCCN1CCCN(C)CC1. The first-order chi connectivity index (χ1) is 7.22. The normalized spacial score (nSPS) is 22.6. The molecule has 1 aliphatic rings. The molecule has 1 unspecified atom stereocenters. The topological polar surface area (TPSA) is 26.7 Å². The van der Waals surface area contributed by atoms with Gasteiger partial charge in [-0.3, -0.25) is 0 Å². The summed E-state index contributed by atoms with van der Waals surface area (Å²) in [4.78, 5) is 4.94. The van der Waals surface area contributed by atoms with Gasteiger partial charge in [0.2, 0.25) is 0 Å². The van der Waals surface area contributed by atoms with Crippen molar-refractivity contribution < 1.29 is 5.11 Å². The van der Waals surface area contributed by atoms with Crippen molar-refractivity contribution in [1.82, 2.24) is 9.80 Å². The Balaban J connectivity index is 2.10. The summed E-state index contributed by atoms with van der Waals surface area (Å²) >= 11 is 0. The Morgan fingerprint density at radius 1 is 1.20 bits per heavy atom. The lowest BCUT2D eigenvalue weighted by molar-refractivity contribution is 0.149. The van der Waals surface area contributed by atoms with Gasteiger partial charge in [-0.25, -0.2) is 0 Å². The molecule has 0 aliphatic carbocycles. The second-order valence-electron chi connectivity index (χ2n) is 4.70. The van der Waals surface area contributed by atoms with Crippen LogP contribution in [0.2, 0.25) is 0 Å². The molecule has 90 valence electrons. The summed E-state index contributed by atoms with van der Waals surface area (Å²) in [5.41, 5.74) is 0. The smallest absolute Gasteiger partial charge is 0.0538 e. The van der Waals surface area contributed by atoms with Gasteiger partial charge in [-0.05, 0) is 52.4 Å². The van der Waals surface area contributed by atoms with E-state index in [0.717, 1.165) is 25.8 Å². The Labute approximate surface area is 94.1 Å². The third kappa shape index (κ3) is 5.50. The molecule has 0 aromatic carbocycles. The Morgan fingerprint density at radius 3 is 2.73 bits per heavy atom. The molecule has 1 rings (SSSR count). The van der Waals surface area contributed by atoms with Crippen LogP contribution in [0.25, 0.3) is 0 Å². The van der Waals surface area contributed by atoms with E-state index in [1.54, 1.807) is 0 Å². The summed E-state index contributed by atoms with van der Waals surface area (Å²) in [5.74, 6) is 0. The minimum Gasteiger partial charge on any atom is -0.393 e. The fourth-order valence-electron chi connectivity index (χ4n) is 2.08. The van der Waals surface area contributed by atoms with E-state index in [2.05, 4.69) is 16.8 Å². The first-order valence-electron chi connectivity index (χ1n) is 6.31. The van der Waals surface area contributed by atoms with Crippen molar-refractivity contribution in [3.8, 4) is 0 Å². The monoisotopic (exact) mass is 214 g/mol. The number of hydrogen-bond acceptors (Lipinski definition) is 3. The molecule has 1 heterocycles. The second kappa shape index (κ2) is 7.20. The molecule has 1 saturated heterocycles. The zero-order valence-electron chi connectivity index (χ0n) is 10.3. The molecule has 1 fully saturated rings. The van der Waals surface area contributed by atoms with Crippen molar-refractivity contribution in [3.63, 3.8) is 0 Å². The van der Waals surface area contributed by atoms with Crippen molar-refractivity contribution in [1.29, 1.82) is 0 Å². The van der Waals surface area contributed by atoms with Crippen molar-refractivity contribution in [2.45, 2.75) is 38.7 Å². The van der Waals surface area contributed by atoms with E-state index in [-0.39, 0.29) is 6.10 Å². The molecule has 0 bridgehead atoms. The predicted molar refractivity (Wildman–Crippen MR) is 64.1 cm³/mol. The van der Waals surface area contributed by atoms with E-state index in [9.17, 15) is 5.11 Å². The highest BCUT2D eigenvalue weighted by Crippen LogP contribution is 2.05. The number of hydrogen-bond donors (Lipinski definition) is 1. The van der Waals surface area contributed by atoms with E-state index >= 15 is 0 Å². The molecule has 0 saturated carbocycles. The fraction of sp³-hybridized carbons (Fsp3) is 1.00. The number of aliphatic hydroxyl groups excluding tert-OH is 1. The Kier molecular flexibility index (Phi) is 6.22. The highest BCUT2D eigenvalue weighted by atomic mass is 16.3. The Hall–Kier alpha value is -0.120. The molecule has 0 amide bonds. The van der Waals surface area contributed by atoms with Crippen molar-refractivity contribution >= 4 is 0 Å². The van der Waals surface area contributed by atoms with E-state index in [1.807, 2.05) is 6.92 Å². The van der Waals surface area contributed by atoms with Crippen LogP contribution in [0.3, 0.4) is 0 Å². The minimum atomic E-state index is -0.0837. The molecular formula is C12H26N2O. The summed E-state index contributed by atoms with van der Waals surface area (Å²) < 4.78 is 0. The zero-order valence-corrected chi connectivity index (χ0v) is 10.3. The molecule has 3 heteroatoms. The molecule has 0 radical (unpaired) electrons. The maximum absolute atomic E-state index is 9.46. The molecule has 1 atom stereocenters. The van der Waals surface area contributed by atoms with Gasteiger partial charge in [0.15, 0.2) is 0 Å². The van der Waals surface area contributed by atoms with Gasteiger partial charge in [-0.15, -0.1) is 0 Å². The summed E-state index contributed by atoms with van der Waals surface area (Å²) in [7, 11) is 2.20. The quantitative estimate of drug-likeness (QED) is 0.744. The minimum absolute atomic E-state index is 0.0837. The van der Waals surface area contributed by atoms with Gasteiger partial charge < -0.3 is 14.9 Å². The van der Waals surface area contributed by atoms with Crippen LogP contribution in [0.15, 0.2) is 0 Å². The van der Waals surface area contributed by atoms with E-state index in [4.69, 9.17) is 0 Å². The predicted octanol–water partition coefficient (Wildman–Crippen LogP) is 1.18. The van der Waals surface area contributed by atoms with Gasteiger partial charge in [-0.2, -0.15) is 0 Å². The molecule has 1 N–H and O–H groups in total. The van der Waals surface area contributed by atoms with Gasteiger partial charge in [0.25, 0.3) is 0 Å². The number of rotatable bonds is 5. The van der Waals surface area contributed by atoms with Gasteiger partial charge >= 0.3 is 0 Å². The maximum atomic E-state index is 9.46. The van der Waals surface area contributed by atoms with E-state index in [0.29, 0.717) is 0 Å². The molecular weight excluding hydrogens is 188 g/mol. The van der Waals surface area contributed by atoms with Gasteiger partial charge in [0.05, 0.1) is 6.10 Å². The summed E-state index contributed by atoms with van der Waals surface area (Å²) in [6.07, 6.45) is 4.19. The third-order valence-electron chi connectivity index (χ3n) is 3.30. The largest absolute Gasteiger partial charge is 0.393 e. The first kappa shape index (κ1) is 12.9. The lowest BCUT2D eigenvalue weighted by Crippen LogP contribution is -2.30. The van der Waals surface area contributed by atoms with Crippen LogP contribution in [-0.4, -0.2) is 60.8 Å². The average molecular weight is 214 g/mol. The summed E-state index contributed by atoms with van der Waals surface area (Å²) in [5, 5.41) is 9.46.